The standard InChI is InChI=1S/C10H10N4/c1-2-14-8-4-6-10(14)13-12-9-5-3-7-11-9/h2-8,11H,1H2. The minimum atomic E-state index is 0.738. The average molecular weight is 186 g/mol. The van der Waals surface area contributed by atoms with Crippen LogP contribution in [0.15, 0.2) is 53.5 Å². The molecule has 0 saturated carbocycles. The molecule has 0 aliphatic carbocycles. The van der Waals surface area contributed by atoms with Crippen molar-refractivity contribution in [1.82, 2.24) is 9.55 Å². The molecule has 0 fully saturated rings. The Balaban J connectivity index is 2.22. The van der Waals surface area contributed by atoms with Crippen LogP contribution in [0.4, 0.5) is 11.6 Å². The lowest BCUT2D eigenvalue weighted by Crippen LogP contribution is -1.78. The molecule has 0 aliphatic heterocycles. The molecule has 2 aromatic heterocycles. The summed E-state index contributed by atoms with van der Waals surface area (Å²) < 4.78 is 1.80. The highest BCUT2D eigenvalue weighted by Crippen LogP contribution is 2.17. The van der Waals surface area contributed by atoms with Gasteiger partial charge in [-0.3, -0.25) is 0 Å². The van der Waals surface area contributed by atoms with E-state index in [4.69, 9.17) is 0 Å². The lowest BCUT2D eigenvalue weighted by atomic mass is 10.6. The molecular weight excluding hydrogens is 176 g/mol. The van der Waals surface area contributed by atoms with Gasteiger partial charge in [0.15, 0.2) is 11.6 Å². The highest BCUT2D eigenvalue weighted by Gasteiger charge is 1.94. The van der Waals surface area contributed by atoms with E-state index in [2.05, 4.69) is 21.8 Å². The van der Waals surface area contributed by atoms with Crippen LogP contribution in [0.2, 0.25) is 0 Å². The number of hydrogen-bond donors (Lipinski definition) is 1. The molecule has 0 spiro atoms. The molecule has 0 radical (unpaired) electrons. The van der Waals surface area contributed by atoms with Gasteiger partial charge in [-0.15, -0.1) is 10.2 Å². The maximum Gasteiger partial charge on any atom is 0.159 e. The van der Waals surface area contributed by atoms with E-state index < -0.39 is 0 Å². The fourth-order valence-corrected chi connectivity index (χ4v) is 1.11. The number of rotatable bonds is 3. The molecular formula is C10H10N4. The number of H-pyrrole nitrogens is 1. The average Bonchev–Trinajstić information content (AvgIpc) is 2.85. The fraction of sp³-hybridized carbons (Fsp3) is 0. The van der Waals surface area contributed by atoms with Gasteiger partial charge in [0.2, 0.25) is 0 Å². The number of nitrogens with zero attached hydrogens (tertiary/aromatic N) is 3. The molecule has 0 aliphatic rings. The molecule has 2 heterocycles. The molecule has 4 heteroatoms. The molecule has 1 N–H and O–H groups in total. The summed E-state index contributed by atoms with van der Waals surface area (Å²) in [6.45, 7) is 3.66. The molecule has 0 bridgehead atoms. The zero-order valence-electron chi connectivity index (χ0n) is 7.59. The van der Waals surface area contributed by atoms with Gasteiger partial charge >= 0.3 is 0 Å². The van der Waals surface area contributed by atoms with Crippen molar-refractivity contribution in [3.05, 3.63) is 43.2 Å². The zero-order valence-corrected chi connectivity index (χ0v) is 7.59. The van der Waals surface area contributed by atoms with E-state index in [-0.39, 0.29) is 0 Å². The van der Waals surface area contributed by atoms with Crippen LogP contribution in [0.25, 0.3) is 6.20 Å². The molecule has 0 saturated heterocycles. The first-order valence-corrected chi connectivity index (χ1v) is 4.24. The molecule has 14 heavy (non-hydrogen) atoms. The SMILES string of the molecule is C=Cn1cccc1N=Nc1ccc[nH]1. The Labute approximate surface area is 81.6 Å². The maximum atomic E-state index is 4.06. The monoisotopic (exact) mass is 186 g/mol. The summed E-state index contributed by atoms with van der Waals surface area (Å²) in [5, 5.41) is 8.08. The van der Waals surface area contributed by atoms with Gasteiger partial charge in [-0.25, -0.2) is 0 Å². The topological polar surface area (TPSA) is 45.4 Å². The van der Waals surface area contributed by atoms with Crippen LogP contribution >= 0.6 is 0 Å². The first-order chi connectivity index (χ1) is 6.90. The molecule has 0 amide bonds. The van der Waals surface area contributed by atoms with E-state index >= 15 is 0 Å². The number of aromatic amines is 1. The molecule has 70 valence electrons. The van der Waals surface area contributed by atoms with Crippen LogP contribution in [0.1, 0.15) is 0 Å². The molecule has 0 unspecified atom stereocenters. The van der Waals surface area contributed by atoms with Crippen molar-refractivity contribution in [2.45, 2.75) is 0 Å². The quantitative estimate of drug-likeness (QED) is 0.714. The van der Waals surface area contributed by atoms with Crippen LogP contribution < -0.4 is 0 Å². The molecule has 2 aromatic rings. The van der Waals surface area contributed by atoms with E-state index in [0.717, 1.165) is 11.6 Å². The Morgan fingerprint density at radius 1 is 1.29 bits per heavy atom. The van der Waals surface area contributed by atoms with Crippen molar-refractivity contribution >= 4 is 17.8 Å². The van der Waals surface area contributed by atoms with Gasteiger partial charge in [0.05, 0.1) is 0 Å². The summed E-state index contributed by atoms with van der Waals surface area (Å²) >= 11 is 0. The maximum absolute atomic E-state index is 4.06. The van der Waals surface area contributed by atoms with Crippen LogP contribution in [0.5, 0.6) is 0 Å². The summed E-state index contributed by atoms with van der Waals surface area (Å²) in [6.07, 6.45) is 5.36. The van der Waals surface area contributed by atoms with Crippen molar-refractivity contribution < 1.29 is 0 Å². The second-order valence-corrected chi connectivity index (χ2v) is 2.71. The Bertz CT molecular complexity index is 436. The Hall–Kier alpha value is -2.10. The van der Waals surface area contributed by atoms with E-state index in [1.54, 1.807) is 17.0 Å². The van der Waals surface area contributed by atoms with Crippen LogP contribution in [-0.2, 0) is 0 Å². The first-order valence-electron chi connectivity index (χ1n) is 4.24. The van der Waals surface area contributed by atoms with E-state index in [0.29, 0.717) is 0 Å². The number of hydrogen-bond acceptors (Lipinski definition) is 2. The lowest BCUT2D eigenvalue weighted by Gasteiger charge is -1.94. The third kappa shape index (κ3) is 1.64. The summed E-state index contributed by atoms with van der Waals surface area (Å²) in [4.78, 5) is 2.94. The van der Waals surface area contributed by atoms with Crippen molar-refractivity contribution in [2.75, 3.05) is 0 Å². The van der Waals surface area contributed by atoms with Gasteiger partial charge < -0.3 is 9.55 Å². The highest BCUT2D eigenvalue weighted by atomic mass is 15.2. The lowest BCUT2D eigenvalue weighted by molar-refractivity contribution is 1.08. The van der Waals surface area contributed by atoms with Crippen LogP contribution in [0, 0.1) is 0 Å². The van der Waals surface area contributed by atoms with Gasteiger partial charge in [-0.1, -0.05) is 6.58 Å². The third-order valence-corrected chi connectivity index (χ3v) is 1.79. The van der Waals surface area contributed by atoms with E-state index in [1.165, 1.54) is 0 Å². The fourth-order valence-electron chi connectivity index (χ4n) is 1.11. The third-order valence-electron chi connectivity index (χ3n) is 1.79. The number of azo groups is 1. The summed E-state index contributed by atoms with van der Waals surface area (Å²) in [5.41, 5.74) is 0. The summed E-state index contributed by atoms with van der Waals surface area (Å²) in [5.74, 6) is 1.50. The van der Waals surface area contributed by atoms with Gasteiger partial charge in [0.1, 0.15) is 0 Å². The van der Waals surface area contributed by atoms with Crippen molar-refractivity contribution in [2.24, 2.45) is 10.2 Å². The smallest absolute Gasteiger partial charge is 0.159 e. The van der Waals surface area contributed by atoms with Gasteiger partial charge in [-0.2, -0.15) is 0 Å². The summed E-state index contributed by atoms with van der Waals surface area (Å²) in [7, 11) is 0. The van der Waals surface area contributed by atoms with Crippen molar-refractivity contribution in [1.29, 1.82) is 0 Å². The molecule has 4 nitrogen and oxygen atoms in total. The van der Waals surface area contributed by atoms with Crippen molar-refractivity contribution in [3.63, 3.8) is 0 Å². The molecule has 0 atom stereocenters. The Kier molecular flexibility index (Phi) is 2.27. The predicted octanol–water partition coefficient (Wildman–Crippen LogP) is 3.33. The minimum absolute atomic E-state index is 0.738. The van der Waals surface area contributed by atoms with E-state index in [1.807, 2.05) is 30.5 Å². The van der Waals surface area contributed by atoms with E-state index in [9.17, 15) is 0 Å². The Morgan fingerprint density at radius 3 is 2.93 bits per heavy atom. The largest absolute Gasteiger partial charge is 0.345 e. The predicted molar refractivity (Wildman–Crippen MR) is 55.8 cm³/mol. The van der Waals surface area contributed by atoms with Crippen LogP contribution in [0.3, 0.4) is 0 Å². The summed E-state index contributed by atoms with van der Waals surface area (Å²) in [6, 6.07) is 7.49. The Morgan fingerprint density at radius 2 is 2.21 bits per heavy atom. The molecule has 2 rings (SSSR count). The van der Waals surface area contributed by atoms with Crippen LogP contribution in [-0.4, -0.2) is 9.55 Å². The van der Waals surface area contributed by atoms with Gasteiger partial charge in [0, 0.05) is 18.6 Å². The zero-order chi connectivity index (χ0) is 9.80. The van der Waals surface area contributed by atoms with Gasteiger partial charge in [0.25, 0.3) is 0 Å². The number of aromatic nitrogens is 2. The highest BCUT2D eigenvalue weighted by molar-refractivity contribution is 5.39. The minimum Gasteiger partial charge on any atom is -0.345 e. The normalized spacial score (nSPS) is 10.9. The second kappa shape index (κ2) is 3.74. The van der Waals surface area contributed by atoms with Gasteiger partial charge in [-0.05, 0) is 24.3 Å². The second-order valence-electron chi connectivity index (χ2n) is 2.71. The number of nitrogens with one attached hydrogen (secondary N) is 1. The van der Waals surface area contributed by atoms with Crippen molar-refractivity contribution in [3.8, 4) is 0 Å². The molecule has 0 aromatic carbocycles. The first kappa shape index (κ1) is 8.50.